The quantitative estimate of drug-likeness (QED) is 0.802. The molecule has 116 valence electrons. The highest BCUT2D eigenvalue weighted by Gasteiger charge is 2.21. The van der Waals surface area contributed by atoms with Crippen LogP contribution in [0.4, 0.5) is 0 Å². The van der Waals surface area contributed by atoms with Crippen LogP contribution in [0.2, 0.25) is 0 Å². The molecule has 1 N–H and O–H groups in total. The molecule has 0 spiro atoms. The highest BCUT2D eigenvalue weighted by molar-refractivity contribution is 5.77. The molecule has 2 rings (SSSR count). The van der Waals surface area contributed by atoms with E-state index in [1.807, 2.05) is 30.3 Å². The van der Waals surface area contributed by atoms with Crippen LogP contribution in [0.1, 0.15) is 44.2 Å². The van der Waals surface area contributed by atoms with Crippen LogP contribution in [0.25, 0.3) is 11.1 Å². The van der Waals surface area contributed by atoms with E-state index in [-0.39, 0.29) is 0 Å². The monoisotopic (exact) mass is 296 g/mol. The molecular formula is C20H24O2. The molecule has 0 radical (unpaired) electrons. The number of hydrogen-bond donors (Lipinski definition) is 1. The number of carboxylic acid groups (broad SMARTS) is 1. The lowest BCUT2D eigenvalue weighted by molar-refractivity contribution is -0.139. The fraction of sp³-hybridized carbons (Fsp3) is 0.350. The number of benzene rings is 2. The summed E-state index contributed by atoms with van der Waals surface area (Å²) in [5.74, 6) is -0.823. The molecule has 0 aromatic heterocycles. The average molecular weight is 296 g/mol. The predicted molar refractivity (Wildman–Crippen MR) is 91.1 cm³/mol. The standard InChI is InChI=1S/C20H24O2/c1-4-15-8-5-6-11-18(15)16-9-7-10-17(13-16)19(20(21)22)12-14(2)3/h5-11,13-14,19H,4,12H2,1-3H3,(H,21,22). The average Bonchev–Trinajstić information content (AvgIpc) is 2.52. The Labute approximate surface area is 132 Å². The fourth-order valence-corrected chi connectivity index (χ4v) is 2.88. The van der Waals surface area contributed by atoms with Gasteiger partial charge in [-0.05, 0) is 41.0 Å². The minimum atomic E-state index is -0.741. The van der Waals surface area contributed by atoms with Crippen molar-refractivity contribution in [3.05, 3.63) is 59.7 Å². The Balaban J connectivity index is 2.43. The van der Waals surface area contributed by atoms with Crippen molar-refractivity contribution in [3.63, 3.8) is 0 Å². The lowest BCUT2D eigenvalue weighted by Gasteiger charge is -2.17. The van der Waals surface area contributed by atoms with Crippen molar-refractivity contribution in [1.82, 2.24) is 0 Å². The Morgan fingerprint density at radius 2 is 1.82 bits per heavy atom. The molecule has 0 saturated heterocycles. The number of hydrogen-bond acceptors (Lipinski definition) is 1. The molecule has 0 heterocycles. The van der Waals surface area contributed by atoms with Gasteiger partial charge in [-0.1, -0.05) is 69.3 Å². The third-order valence-electron chi connectivity index (χ3n) is 4.00. The van der Waals surface area contributed by atoms with Gasteiger partial charge in [-0.25, -0.2) is 0 Å². The number of aliphatic carboxylic acids is 1. The molecule has 22 heavy (non-hydrogen) atoms. The highest BCUT2D eigenvalue weighted by Crippen LogP contribution is 2.30. The smallest absolute Gasteiger partial charge is 0.310 e. The van der Waals surface area contributed by atoms with Gasteiger partial charge in [0.15, 0.2) is 0 Å². The highest BCUT2D eigenvalue weighted by atomic mass is 16.4. The molecular weight excluding hydrogens is 272 g/mol. The first-order valence-electron chi connectivity index (χ1n) is 7.94. The van der Waals surface area contributed by atoms with Crippen LogP contribution < -0.4 is 0 Å². The molecule has 0 amide bonds. The zero-order chi connectivity index (χ0) is 16.1. The molecule has 0 bridgehead atoms. The van der Waals surface area contributed by atoms with Gasteiger partial charge in [0.1, 0.15) is 0 Å². The maximum absolute atomic E-state index is 11.6. The van der Waals surface area contributed by atoms with Gasteiger partial charge >= 0.3 is 5.97 Å². The van der Waals surface area contributed by atoms with Crippen LogP contribution in [-0.4, -0.2) is 11.1 Å². The largest absolute Gasteiger partial charge is 0.481 e. The van der Waals surface area contributed by atoms with Gasteiger partial charge in [0.25, 0.3) is 0 Å². The number of carbonyl (C=O) groups is 1. The first kappa shape index (κ1) is 16.3. The Kier molecular flexibility index (Phi) is 5.37. The minimum Gasteiger partial charge on any atom is -0.481 e. The zero-order valence-electron chi connectivity index (χ0n) is 13.5. The molecule has 0 saturated carbocycles. The normalized spacial score (nSPS) is 12.4. The Hall–Kier alpha value is -2.09. The second-order valence-corrected chi connectivity index (χ2v) is 6.16. The zero-order valence-corrected chi connectivity index (χ0v) is 13.5. The molecule has 2 aromatic carbocycles. The molecule has 2 heteroatoms. The summed E-state index contributed by atoms with van der Waals surface area (Å²) in [4.78, 5) is 11.6. The lowest BCUT2D eigenvalue weighted by atomic mass is 9.88. The summed E-state index contributed by atoms with van der Waals surface area (Å²) in [5, 5.41) is 9.54. The van der Waals surface area contributed by atoms with Crippen LogP contribution in [0, 0.1) is 5.92 Å². The van der Waals surface area contributed by atoms with E-state index in [4.69, 9.17) is 0 Å². The summed E-state index contributed by atoms with van der Waals surface area (Å²) < 4.78 is 0. The molecule has 0 aliphatic carbocycles. The van der Waals surface area contributed by atoms with Crippen LogP contribution in [0.5, 0.6) is 0 Å². The van der Waals surface area contributed by atoms with Crippen molar-refractivity contribution in [2.45, 2.75) is 39.5 Å². The Bertz CT molecular complexity index is 644. The first-order valence-corrected chi connectivity index (χ1v) is 7.94. The molecule has 2 nitrogen and oxygen atoms in total. The van der Waals surface area contributed by atoms with Gasteiger partial charge in [0.05, 0.1) is 5.92 Å². The first-order chi connectivity index (χ1) is 10.5. The van der Waals surface area contributed by atoms with Gasteiger partial charge < -0.3 is 5.11 Å². The van der Waals surface area contributed by atoms with Crippen LogP contribution in [0.15, 0.2) is 48.5 Å². The maximum Gasteiger partial charge on any atom is 0.310 e. The van der Waals surface area contributed by atoms with E-state index in [9.17, 15) is 9.90 Å². The molecule has 1 unspecified atom stereocenters. The van der Waals surface area contributed by atoms with Gasteiger partial charge in [0.2, 0.25) is 0 Å². The van der Waals surface area contributed by atoms with Crippen molar-refractivity contribution < 1.29 is 9.90 Å². The van der Waals surface area contributed by atoms with Crippen molar-refractivity contribution >= 4 is 5.97 Å². The summed E-state index contributed by atoms with van der Waals surface area (Å²) in [6.07, 6.45) is 1.63. The third-order valence-corrected chi connectivity index (χ3v) is 4.00. The second kappa shape index (κ2) is 7.26. The molecule has 1 atom stereocenters. The topological polar surface area (TPSA) is 37.3 Å². The van der Waals surface area contributed by atoms with Gasteiger partial charge in [-0.3, -0.25) is 4.79 Å². The summed E-state index contributed by atoms with van der Waals surface area (Å²) in [5.41, 5.74) is 4.48. The van der Waals surface area contributed by atoms with Crippen LogP contribution in [-0.2, 0) is 11.2 Å². The summed E-state index contributed by atoms with van der Waals surface area (Å²) in [6.45, 7) is 6.26. The van der Waals surface area contributed by atoms with Gasteiger partial charge in [0, 0.05) is 0 Å². The Morgan fingerprint density at radius 3 is 2.45 bits per heavy atom. The van der Waals surface area contributed by atoms with Gasteiger partial charge in [-0.15, -0.1) is 0 Å². The molecule has 0 aliphatic rings. The number of carboxylic acids is 1. The molecule has 0 fully saturated rings. The fourth-order valence-electron chi connectivity index (χ4n) is 2.88. The van der Waals surface area contributed by atoms with Crippen LogP contribution >= 0.6 is 0 Å². The van der Waals surface area contributed by atoms with E-state index >= 15 is 0 Å². The van der Waals surface area contributed by atoms with E-state index in [1.165, 1.54) is 11.1 Å². The van der Waals surface area contributed by atoms with Crippen molar-refractivity contribution in [2.75, 3.05) is 0 Å². The van der Waals surface area contributed by atoms with Crippen molar-refractivity contribution in [2.24, 2.45) is 5.92 Å². The van der Waals surface area contributed by atoms with Crippen molar-refractivity contribution in [3.8, 4) is 11.1 Å². The van der Waals surface area contributed by atoms with E-state index in [0.29, 0.717) is 12.3 Å². The SMILES string of the molecule is CCc1ccccc1-c1cccc(C(CC(C)C)C(=O)O)c1. The third kappa shape index (κ3) is 3.76. The summed E-state index contributed by atoms with van der Waals surface area (Å²) in [6, 6.07) is 16.3. The Morgan fingerprint density at radius 1 is 1.09 bits per heavy atom. The summed E-state index contributed by atoms with van der Waals surface area (Å²) >= 11 is 0. The summed E-state index contributed by atoms with van der Waals surface area (Å²) in [7, 11) is 0. The van der Waals surface area contributed by atoms with Crippen LogP contribution in [0.3, 0.4) is 0 Å². The predicted octanol–water partition coefficient (Wildman–Crippen LogP) is 5.13. The lowest BCUT2D eigenvalue weighted by Crippen LogP contribution is -2.14. The van der Waals surface area contributed by atoms with Crippen molar-refractivity contribution in [1.29, 1.82) is 0 Å². The molecule has 2 aromatic rings. The minimum absolute atomic E-state index is 0.354. The van der Waals surface area contributed by atoms with E-state index < -0.39 is 11.9 Å². The number of aryl methyl sites for hydroxylation is 1. The maximum atomic E-state index is 11.6. The second-order valence-electron chi connectivity index (χ2n) is 6.16. The number of rotatable bonds is 6. The van der Waals surface area contributed by atoms with Gasteiger partial charge in [-0.2, -0.15) is 0 Å². The van der Waals surface area contributed by atoms with E-state index in [1.54, 1.807) is 0 Å². The van der Waals surface area contributed by atoms with E-state index in [0.717, 1.165) is 17.5 Å². The van der Waals surface area contributed by atoms with E-state index in [2.05, 4.69) is 39.0 Å². The molecule has 0 aliphatic heterocycles.